The smallest absolute Gasteiger partial charge is 0.485 e. The molecule has 0 atom stereocenters. The van der Waals surface area contributed by atoms with E-state index in [0.717, 1.165) is 0 Å². The lowest BCUT2D eigenvalue weighted by molar-refractivity contribution is -0.0517. The molecule has 1 aliphatic heterocycles. The van der Waals surface area contributed by atoms with Gasteiger partial charge >= 0.3 is 5.51 Å². The van der Waals surface area contributed by atoms with Gasteiger partial charge in [0.1, 0.15) is 16.9 Å². The first kappa shape index (κ1) is 21.5. The van der Waals surface area contributed by atoms with E-state index < -0.39 is 15.6 Å². The van der Waals surface area contributed by atoms with Crippen LogP contribution in [0.15, 0.2) is 66.1 Å². The van der Waals surface area contributed by atoms with Crippen molar-refractivity contribution in [2.24, 2.45) is 0 Å². The standard InChI is InChI=1S/C18H19S.CHF3O3S/c1-3-9-16(10-4-1)18(15-19-13-7-8-14-19)17-11-5-2-6-12-17;2-1(3,4)8(5,6)7/h1-6,9-12,15H,7-8,13-14H2;(H,5,6,7)/q+1;/p-1. The highest BCUT2D eigenvalue weighted by Gasteiger charge is 2.36. The molecule has 8 heteroatoms. The van der Waals surface area contributed by atoms with Crippen LogP contribution < -0.4 is 0 Å². The third-order valence-corrected chi connectivity index (χ3v) is 6.56. The molecule has 2 aromatic carbocycles. The molecule has 0 spiro atoms. The lowest BCUT2D eigenvalue weighted by Crippen LogP contribution is -2.21. The predicted octanol–water partition coefficient (Wildman–Crippen LogP) is 4.54. The number of halogens is 3. The van der Waals surface area contributed by atoms with Crippen LogP contribution in [0, 0.1) is 0 Å². The van der Waals surface area contributed by atoms with Gasteiger partial charge in [-0.25, -0.2) is 8.42 Å². The summed E-state index contributed by atoms with van der Waals surface area (Å²) in [5.74, 6) is 2.76. The van der Waals surface area contributed by atoms with E-state index in [1.54, 1.807) is 0 Å². The molecule has 0 amide bonds. The number of alkyl halides is 3. The van der Waals surface area contributed by atoms with Gasteiger partial charge in [-0.3, -0.25) is 0 Å². The molecular weight excluding hydrogens is 397 g/mol. The summed E-state index contributed by atoms with van der Waals surface area (Å²) in [4.78, 5) is 0. The average molecular weight is 416 g/mol. The Bertz CT molecular complexity index is 801. The van der Waals surface area contributed by atoms with Gasteiger partial charge in [-0.1, -0.05) is 60.7 Å². The number of benzene rings is 2. The zero-order chi connectivity index (χ0) is 19.9. The molecule has 3 rings (SSSR count). The van der Waals surface area contributed by atoms with Crippen LogP contribution >= 0.6 is 0 Å². The number of hydrogen-bond acceptors (Lipinski definition) is 3. The minimum Gasteiger partial charge on any atom is -0.741 e. The van der Waals surface area contributed by atoms with Crippen molar-refractivity contribution in [3.8, 4) is 0 Å². The summed E-state index contributed by atoms with van der Waals surface area (Å²) >= 11 is 0. The maximum Gasteiger partial charge on any atom is 0.485 e. The number of hydrogen-bond donors (Lipinski definition) is 0. The lowest BCUT2D eigenvalue weighted by Gasteiger charge is -2.08. The molecule has 27 heavy (non-hydrogen) atoms. The van der Waals surface area contributed by atoms with Crippen molar-refractivity contribution >= 4 is 26.6 Å². The van der Waals surface area contributed by atoms with Crippen molar-refractivity contribution in [2.75, 3.05) is 11.5 Å². The summed E-state index contributed by atoms with van der Waals surface area (Å²) in [6, 6.07) is 21.6. The normalized spacial score (nSPS) is 15.0. The van der Waals surface area contributed by atoms with E-state index in [1.807, 2.05) is 0 Å². The third kappa shape index (κ3) is 6.71. The SMILES string of the molecule is C(=C(c1ccccc1)c1ccccc1)[S+]1CCCC1.O=S(=O)([O-])C(F)(F)F. The Morgan fingerprint density at radius 3 is 1.59 bits per heavy atom. The van der Waals surface area contributed by atoms with Crippen LogP contribution in [0.2, 0.25) is 0 Å². The van der Waals surface area contributed by atoms with Crippen molar-refractivity contribution in [1.82, 2.24) is 0 Å². The van der Waals surface area contributed by atoms with Crippen LogP contribution in [0.25, 0.3) is 5.57 Å². The minimum atomic E-state index is -6.09. The quantitative estimate of drug-likeness (QED) is 0.419. The van der Waals surface area contributed by atoms with Crippen molar-refractivity contribution in [3.63, 3.8) is 0 Å². The highest BCUT2D eigenvalue weighted by molar-refractivity contribution is 8.00. The van der Waals surface area contributed by atoms with Gasteiger partial charge in [-0.2, -0.15) is 13.2 Å². The Kier molecular flexibility index (Phi) is 7.52. The molecule has 0 bridgehead atoms. The molecule has 0 unspecified atom stereocenters. The van der Waals surface area contributed by atoms with Gasteiger partial charge in [0.25, 0.3) is 0 Å². The molecule has 0 N–H and O–H groups in total. The number of rotatable bonds is 3. The van der Waals surface area contributed by atoms with E-state index in [-0.39, 0.29) is 0 Å². The molecule has 0 saturated carbocycles. The summed E-state index contributed by atoms with van der Waals surface area (Å²) in [5, 5.41) is 2.53. The van der Waals surface area contributed by atoms with Gasteiger partial charge in [0.05, 0.1) is 0 Å². The summed E-state index contributed by atoms with van der Waals surface area (Å²) < 4.78 is 58.9. The molecule has 1 fully saturated rings. The Hall–Kier alpha value is -1.77. The first-order chi connectivity index (χ1) is 12.7. The van der Waals surface area contributed by atoms with Crippen LogP contribution in [0.5, 0.6) is 0 Å². The van der Waals surface area contributed by atoms with Gasteiger partial charge in [0, 0.05) is 16.5 Å². The van der Waals surface area contributed by atoms with Gasteiger partial charge in [-0.05, 0) is 24.0 Å². The van der Waals surface area contributed by atoms with Gasteiger partial charge in [-0.15, -0.1) is 0 Å². The second-order valence-corrected chi connectivity index (χ2v) is 9.31. The predicted molar refractivity (Wildman–Crippen MR) is 102 cm³/mol. The fourth-order valence-electron chi connectivity index (χ4n) is 2.50. The molecule has 2 aromatic rings. The molecule has 146 valence electrons. The molecule has 1 aliphatic rings. The van der Waals surface area contributed by atoms with Gasteiger partial charge < -0.3 is 4.55 Å². The monoisotopic (exact) mass is 416 g/mol. The van der Waals surface area contributed by atoms with E-state index in [0.29, 0.717) is 10.9 Å². The summed E-state index contributed by atoms with van der Waals surface area (Å²) in [6.07, 6.45) is 2.80. The van der Waals surface area contributed by atoms with Crippen molar-refractivity contribution in [3.05, 3.63) is 77.2 Å². The molecule has 1 heterocycles. The van der Waals surface area contributed by atoms with Crippen LogP contribution in [0.3, 0.4) is 0 Å². The summed E-state index contributed by atoms with van der Waals surface area (Å²) in [6.45, 7) is 0. The first-order valence-corrected chi connectivity index (χ1v) is 11.2. The maximum atomic E-state index is 10.7. The van der Waals surface area contributed by atoms with Crippen molar-refractivity contribution in [1.29, 1.82) is 0 Å². The molecule has 0 aromatic heterocycles. The Morgan fingerprint density at radius 1 is 0.889 bits per heavy atom. The van der Waals surface area contributed by atoms with E-state index in [2.05, 4.69) is 66.1 Å². The largest absolute Gasteiger partial charge is 0.741 e. The molecule has 0 radical (unpaired) electrons. The highest BCUT2D eigenvalue weighted by atomic mass is 32.2. The molecule has 0 aliphatic carbocycles. The molecule has 3 nitrogen and oxygen atoms in total. The molecular formula is C19H19F3O3S2. The van der Waals surface area contributed by atoms with Crippen molar-refractivity contribution in [2.45, 2.75) is 18.3 Å². The lowest BCUT2D eigenvalue weighted by atomic mass is 10.00. The summed E-state index contributed by atoms with van der Waals surface area (Å²) in [5.41, 5.74) is -1.56. The van der Waals surface area contributed by atoms with Crippen LogP contribution in [-0.4, -0.2) is 30.0 Å². The Balaban J connectivity index is 0.000000279. The highest BCUT2D eigenvalue weighted by Crippen LogP contribution is 2.27. The first-order valence-electron chi connectivity index (χ1n) is 8.19. The maximum absolute atomic E-state index is 10.7. The Morgan fingerprint density at radius 2 is 1.26 bits per heavy atom. The Labute approximate surface area is 160 Å². The minimum absolute atomic E-state index is 0.480. The van der Waals surface area contributed by atoms with Crippen LogP contribution in [-0.2, 0) is 21.0 Å². The van der Waals surface area contributed by atoms with E-state index in [4.69, 9.17) is 13.0 Å². The van der Waals surface area contributed by atoms with Gasteiger partial charge in [0.15, 0.2) is 10.1 Å². The van der Waals surface area contributed by atoms with Crippen LogP contribution in [0.4, 0.5) is 13.2 Å². The second-order valence-electron chi connectivity index (χ2n) is 5.82. The van der Waals surface area contributed by atoms with Crippen LogP contribution in [0.1, 0.15) is 24.0 Å². The zero-order valence-electron chi connectivity index (χ0n) is 14.4. The fraction of sp³-hybridized carbons (Fsp3) is 0.263. The zero-order valence-corrected chi connectivity index (χ0v) is 16.0. The summed E-state index contributed by atoms with van der Waals surface area (Å²) in [7, 11) is -5.61. The van der Waals surface area contributed by atoms with E-state index in [1.165, 1.54) is 41.0 Å². The second kappa shape index (κ2) is 9.43. The van der Waals surface area contributed by atoms with E-state index >= 15 is 0 Å². The average Bonchev–Trinajstić information content (AvgIpc) is 3.13. The topological polar surface area (TPSA) is 57.2 Å². The fourth-order valence-corrected chi connectivity index (χ4v) is 4.69. The van der Waals surface area contributed by atoms with E-state index in [9.17, 15) is 13.2 Å². The molecule has 1 saturated heterocycles. The van der Waals surface area contributed by atoms with Gasteiger partial charge in [0.2, 0.25) is 0 Å². The van der Waals surface area contributed by atoms with Crippen molar-refractivity contribution < 1.29 is 26.1 Å². The third-order valence-electron chi connectivity index (χ3n) is 3.80.